The number of allylic oxidation sites excluding steroid dienone is 4. The van der Waals surface area contributed by atoms with Gasteiger partial charge in [0.05, 0.1) is 12.2 Å². The molecule has 0 radical (unpaired) electrons. The van der Waals surface area contributed by atoms with Gasteiger partial charge in [-0.3, -0.25) is 0 Å². The van der Waals surface area contributed by atoms with Gasteiger partial charge in [0.15, 0.2) is 0 Å². The van der Waals surface area contributed by atoms with Crippen molar-refractivity contribution in [1.29, 1.82) is 0 Å². The van der Waals surface area contributed by atoms with E-state index in [-0.39, 0.29) is 0 Å². The minimum absolute atomic E-state index is 0.837. The Kier molecular flexibility index (Phi) is 10.3. The van der Waals surface area contributed by atoms with Crippen LogP contribution in [0.3, 0.4) is 0 Å². The molecule has 0 aliphatic heterocycles. The van der Waals surface area contributed by atoms with Crippen molar-refractivity contribution in [3.63, 3.8) is 0 Å². The van der Waals surface area contributed by atoms with Crippen LogP contribution in [0.1, 0.15) is 84.8 Å². The second kappa shape index (κ2) is 12.1. The van der Waals surface area contributed by atoms with Crippen molar-refractivity contribution < 1.29 is 0 Å². The molecule has 1 aromatic heterocycles. The molecule has 1 aromatic rings. The second-order valence-electron chi connectivity index (χ2n) is 6.82. The molecular formula is C20H35N3. The minimum atomic E-state index is 0.837. The lowest BCUT2D eigenvalue weighted by molar-refractivity contribution is 0.604. The van der Waals surface area contributed by atoms with Crippen molar-refractivity contribution >= 4 is 0 Å². The third-order valence-electron chi connectivity index (χ3n) is 4.09. The smallest absolute Gasteiger partial charge is 0.0827 e. The summed E-state index contributed by atoms with van der Waals surface area (Å²) in [6, 6.07) is 0. The van der Waals surface area contributed by atoms with Gasteiger partial charge >= 0.3 is 0 Å². The zero-order chi connectivity index (χ0) is 16.9. The first-order chi connectivity index (χ1) is 11.1. The lowest BCUT2D eigenvalue weighted by Gasteiger charge is -2.00. The molecule has 3 heteroatoms. The molecule has 0 saturated heterocycles. The van der Waals surface area contributed by atoms with Crippen LogP contribution in [-0.2, 0) is 13.0 Å². The van der Waals surface area contributed by atoms with Crippen LogP contribution in [0.25, 0.3) is 0 Å². The standard InChI is InChI=1S/C20H35N3/c1-5-6-7-8-9-10-14-20-17-23(22-21-20)16-15-19(4)13-11-12-18(2)3/h12,15,17H,5-11,13-14,16H2,1-4H3/b19-15-. The van der Waals surface area contributed by atoms with Gasteiger partial charge in [-0.15, -0.1) is 5.10 Å². The van der Waals surface area contributed by atoms with Gasteiger partial charge < -0.3 is 0 Å². The van der Waals surface area contributed by atoms with Crippen LogP contribution >= 0.6 is 0 Å². The number of hydrogen-bond donors (Lipinski definition) is 0. The summed E-state index contributed by atoms with van der Waals surface area (Å²) >= 11 is 0. The molecule has 130 valence electrons. The summed E-state index contributed by atoms with van der Waals surface area (Å²) in [5.74, 6) is 0. The van der Waals surface area contributed by atoms with Crippen LogP contribution in [0.15, 0.2) is 29.5 Å². The molecule has 3 nitrogen and oxygen atoms in total. The van der Waals surface area contributed by atoms with Crippen molar-refractivity contribution in [3.8, 4) is 0 Å². The Balaban J connectivity index is 2.23. The molecule has 0 unspecified atom stereocenters. The van der Waals surface area contributed by atoms with E-state index >= 15 is 0 Å². The SMILES string of the molecule is CCCCCCCCc1cn(C/C=C(/C)CCC=C(C)C)nn1. The van der Waals surface area contributed by atoms with Gasteiger partial charge in [-0.1, -0.05) is 67.5 Å². The fraction of sp³-hybridized carbons (Fsp3) is 0.700. The van der Waals surface area contributed by atoms with E-state index in [2.05, 4.69) is 56.4 Å². The van der Waals surface area contributed by atoms with Crippen molar-refractivity contribution in [1.82, 2.24) is 15.0 Å². The fourth-order valence-electron chi connectivity index (χ4n) is 2.57. The Bertz CT molecular complexity index is 479. The zero-order valence-electron chi connectivity index (χ0n) is 15.6. The van der Waals surface area contributed by atoms with E-state index in [1.165, 1.54) is 49.7 Å². The Morgan fingerprint density at radius 2 is 1.78 bits per heavy atom. The maximum absolute atomic E-state index is 4.29. The van der Waals surface area contributed by atoms with Gasteiger partial charge in [0.2, 0.25) is 0 Å². The number of aryl methyl sites for hydroxylation is 1. The van der Waals surface area contributed by atoms with E-state index in [4.69, 9.17) is 0 Å². The normalized spacial score (nSPS) is 11.7. The van der Waals surface area contributed by atoms with E-state index in [1.54, 1.807) is 0 Å². The van der Waals surface area contributed by atoms with E-state index in [0.717, 1.165) is 31.5 Å². The summed E-state index contributed by atoms with van der Waals surface area (Å²) in [7, 11) is 0. The van der Waals surface area contributed by atoms with Crippen LogP contribution in [0.4, 0.5) is 0 Å². The molecule has 0 aliphatic rings. The van der Waals surface area contributed by atoms with Crippen molar-refractivity contribution in [3.05, 3.63) is 35.2 Å². The van der Waals surface area contributed by atoms with E-state index in [0.29, 0.717) is 0 Å². The summed E-state index contributed by atoms with van der Waals surface area (Å²) < 4.78 is 1.96. The number of hydrogen-bond acceptors (Lipinski definition) is 2. The van der Waals surface area contributed by atoms with Crippen LogP contribution in [0.2, 0.25) is 0 Å². The fourth-order valence-corrected chi connectivity index (χ4v) is 2.57. The average molecular weight is 318 g/mol. The number of unbranched alkanes of at least 4 members (excludes halogenated alkanes) is 5. The van der Waals surface area contributed by atoms with Crippen molar-refractivity contribution in [2.24, 2.45) is 0 Å². The molecule has 1 heterocycles. The molecule has 0 N–H and O–H groups in total. The number of nitrogens with zero attached hydrogens (tertiary/aromatic N) is 3. The Labute approximate surface area is 142 Å². The molecule has 23 heavy (non-hydrogen) atoms. The van der Waals surface area contributed by atoms with Gasteiger partial charge in [0, 0.05) is 6.20 Å². The molecule has 0 atom stereocenters. The first-order valence-corrected chi connectivity index (χ1v) is 9.29. The highest BCUT2D eigenvalue weighted by atomic mass is 15.4. The topological polar surface area (TPSA) is 30.7 Å². The van der Waals surface area contributed by atoms with E-state index in [9.17, 15) is 0 Å². The molecule has 0 bridgehead atoms. The molecule has 0 spiro atoms. The van der Waals surface area contributed by atoms with Crippen LogP contribution in [0, 0.1) is 0 Å². The summed E-state index contributed by atoms with van der Waals surface area (Å²) in [5.41, 5.74) is 3.96. The summed E-state index contributed by atoms with van der Waals surface area (Å²) in [5, 5.41) is 8.52. The molecule has 0 saturated carbocycles. The maximum atomic E-state index is 4.29. The van der Waals surface area contributed by atoms with Gasteiger partial charge in [-0.25, -0.2) is 4.68 Å². The first-order valence-electron chi connectivity index (χ1n) is 9.29. The van der Waals surface area contributed by atoms with Gasteiger partial charge in [0.25, 0.3) is 0 Å². The Hall–Kier alpha value is -1.38. The molecule has 0 aliphatic carbocycles. The lowest BCUT2D eigenvalue weighted by atomic mass is 10.1. The summed E-state index contributed by atoms with van der Waals surface area (Å²) in [6.45, 7) is 9.60. The molecule has 0 amide bonds. The van der Waals surface area contributed by atoms with Gasteiger partial charge in [-0.2, -0.15) is 0 Å². The highest BCUT2D eigenvalue weighted by Gasteiger charge is 2.00. The lowest BCUT2D eigenvalue weighted by Crippen LogP contribution is -1.96. The third kappa shape index (κ3) is 10.1. The van der Waals surface area contributed by atoms with Crippen molar-refractivity contribution in [2.75, 3.05) is 0 Å². The Morgan fingerprint density at radius 3 is 2.52 bits per heavy atom. The van der Waals surface area contributed by atoms with E-state index in [1.807, 2.05) is 4.68 Å². The average Bonchev–Trinajstić information content (AvgIpc) is 2.96. The van der Waals surface area contributed by atoms with Gasteiger partial charge in [0.1, 0.15) is 0 Å². The quantitative estimate of drug-likeness (QED) is 0.356. The summed E-state index contributed by atoms with van der Waals surface area (Å²) in [6.07, 6.45) is 18.0. The monoisotopic (exact) mass is 317 g/mol. The highest BCUT2D eigenvalue weighted by molar-refractivity contribution is 5.02. The molecule has 1 rings (SSSR count). The third-order valence-corrected chi connectivity index (χ3v) is 4.09. The number of aromatic nitrogens is 3. The van der Waals surface area contributed by atoms with Gasteiger partial charge in [-0.05, 0) is 46.5 Å². The minimum Gasteiger partial charge on any atom is -0.248 e. The van der Waals surface area contributed by atoms with Crippen LogP contribution < -0.4 is 0 Å². The predicted molar refractivity (Wildman–Crippen MR) is 99.5 cm³/mol. The van der Waals surface area contributed by atoms with Crippen LogP contribution in [-0.4, -0.2) is 15.0 Å². The molecular weight excluding hydrogens is 282 g/mol. The van der Waals surface area contributed by atoms with Crippen molar-refractivity contribution in [2.45, 2.75) is 92.0 Å². The maximum Gasteiger partial charge on any atom is 0.0827 e. The molecule has 0 aromatic carbocycles. The second-order valence-corrected chi connectivity index (χ2v) is 6.82. The first kappa shape index (κ1) is 19.7. The predicted octanol–water partition coefficient (Wildman–Crippen LogP) is 5.87. The largest absolute Gasteiger partial charge is 0.248 e. The summed E-state index contributed by atoms with van der Waals surface area (Å²) in [4.78, 5) is 0. The molecule has 0 fully saturated rings. The number of rotatable bonds is 12. The van der Waals surface area contributed by atoms with E-state index < -0.39 is 0 Å². The highest BCUT2D eigenvalue weighted by Crippen LogP contribution is 2.09. The Morgan fingerprint density at radius 1 is 1.04 bits per heavy atom. The van der Waals surface area contributed by atoms with Crippen LogP contribution in [0.5, 0.6) is 0 Å². The zero-order valence-corrected chi connectivity index (χ0v) is 15.6.